The number of thiophene rings is 1. The molecule has 3 nitrogen and oxygen atoms in total. The van der Waals surface area contributed by atoms with Gasteiger partial charge in [0.15, 0.2) is 0 Å². The van der Waals surface area contributed by atoms with Crippen LogP contribution in [0, 0.1) is 0 Å². The Bertz CT molecular complexity index is 3630. The van der Waals surface area contributed by atoms with Crippen molar-refractivity contribution in [3.8, 4) is 39.1 Å². The van der Waals surface area contributed by atoms with Gasteiger partial charge in [0, 0.05) is 69.3 Å². The van der Waals surface area contributed by atoms with E-state index in [1.165, 1.54) is 42.1 Å². The summed E-state index contributed by atoms with van der Waals surface area (Å²) in [6.45, 7) is 0. The largest absolute Gasteiger partial charge is 0.456 e. The van der Waals surface area contributed by atoms with Crippen molar-refractivity contribution in [2.24, 2.45) is 0 Å². The summed E-state index contributed by atoms with van der Waals surface area (Å²) in [5.41, 5.74) is 14.0. The van der Waals surface area contributed by atoms with Crippen LogP contribution in [-0.2, 0) is 0 Å². The molecule has 0 atom stereocenters. The summed E-state index contributed by atoms with van der Waals surface area (Å²) < 4.78 is 18.0. The predicted octanol–water partition coefficient (Wildman–Crippen LogP) is 16.0. The molecule has 0 radical (unpaired) electrons. The molecule has 0 bridgehead atoms. The Morgan fingerprint density at radius 1 is 0.328 bits per heavy atom. The second-order valence-electron chi connectivity index (χ2n) is 15.2. The third-order valence-corrected chi connectivity index (χ3v) is 13.2. The highest BCUT2D eigenvalue weighted by Crippen LogP contribution is 2.45. The lowest BCUT2D eigenvalue weighted by molar-refractivity contribution is 0.668. The van der Waals surface area contributed by atoms with E-state index in [0.29, 0.717) is 0 Å². The van der Waals surface area contributed by atoms with Crippen molar-refractivity contribution in [1.82, 2.24) is 4.57 Å². The Morgan fingerprint density at radius 3 is 1.40 bits per heavy atom. The van der Waals surface area contributed by atoms with Gasteiger partial charge in [-0.2, -0.15) is 0 Å². The van der Waals surface area contributed by atoms with E-state index in [4.69, 9.17) is 8.83 Å². The lowest BCUT2D eigenvalue weighted by Gasteiger charge is -2.15. The molecule has 0 saturated carbocycles. The highest BCUT2D eigenvalue weighted by Gasteiger charge is 2.21. The van der Waals surface area contributed by atoms with E-state index in [1.807, 2.05) is 35.6 Å². The fraction of sp³-hybridized carbons (Fsp3) is 0. The fourth-order valence-corrected chi connectivity index (χ4v) is 10.6. The van der Waals surface area contributed by atoms with Gasteiger partial charge in [0.05, 0.1) is 11.0 Å². The number of aromatic nitrogens is 1. The minimum absolute atomic E-state index is 0.887. The zero-order chi connectivity index (χ0) is 37.9. The first-order chi connectivity index (χ1) is 28.7. The molecular weight excluding hydrogens is 727 g/mol. The molecule has 0 aliphatic rings. The molecule has 0 fully saturated rings. The molecule has 13 aromatic rings. The van der Waals surface area contributed by atoms with Crippen LogP contribution in [0.3, 0.4) is 0 Å². The molecule has 0 N–H and O–H groups in total. The van der Waals surface area contributed by atoms with E-state index in [-0.39, 0.29) is 0 Å². The second kappa shape index (κ2) is 12.1. The van der Waals surface area contributed by atoms with Gasteiger partial charge in [0.25, 0.3) is 0 Å². The topological polar surface area (TPSA) is 31.2 Å². The average molecular weight is 758 g/mol. The van der Waals surface area contributed by atoms with Crippen LogP contribution in [0.1, 0.15) is 0 Å². The first-order valence-electron chi connectivity index (χ1n) is 19.7. The van der Waals surface area contributed by atoms with Gasteiger partial charge in [0.2, 0.25) is 0 Å². The molecule has 270 valence electrons. The van der Waals surface area contributed by atoms with Gasteiger partial charge >= 0.3 is 0 Å². The molecule has 4 aromatic heterocycles. The quantitative estimate of drug-likeness (QED) is 0.179. The first kappa shape index (κ1) is 31.8. The first-order valence-corrected chi connectivity index (χ1v) is 20.5. The number of rotatable bonds is 4. The SMILES string of the molecule is c1ccc2c(c1)oc1cc(-c3cccc4c5cccc(-c6ccc7c(c6)oc6ccccc67)c5n(-c5ccc(-c6cccc7c6sc6ccccc67)cc5)c34)ccc12. The summed E-state index contributed by atoms with van der Waals surface area (Å²) >= 11 is 1.87. The minimum atomic E-state index is 0.887. The monoisotopic (exact) mass is 757 g/mol. The number of benzene rings is 9. The van der Waals surface area contributed by atoms with Gasteiger partial charge in [-0.15, -0.1) is 11.3 Å². The van der Waals surface area contributed by atoms with Crippen molar-refractivity contribution in [2.75, 3.05) is 0 Å². The van der Waals surface area contributed by atoms with Crippen molar-refractivity contribution in [1.29, 1.82) is 0 Å². The Balaban J connectivity index is 1.07. The molecular formula is C54H31NO2S. The van der Waals surface area contributed by atoms with Gasteiger partial charge < -0.3 is 13.4 Å². The van der Waals surface area contributed by atoms with Gasteiger partial charge in [-0.25, -0.2) is 0 Å². The third-order valence-electron chi connectivity index (χ3n) is 12.0. The van der Waals surface area contributed by atoms with Crippen molar-refractivity contribution in [3.05, 3.63) is 188 Å². The lowest BCUT2D eigenvalue weighted by Crippen LogP contribution is -1.97. The Labute approximate surface area is 336 Å². The molecule has 0 aliphatic heterocycles. The highest BCUT2D eigenvalue weighted by molar-refractivity contribution is 7.26. The van der Waals surface area contributed by atoms with Crippen LogP contribution in [-0.4, -0.2) is 4.57 Å². The van der Waals surface area contributed by atoms with Crippen molar-refractivity contribution < 1.29 is 8.83 Å². The fourth-order valence-electron chi connectivity index (χ4n) is 9.39. The van der Waals surface area contributed by atoms with Crippen LogP contribution in [0.15, 0.2) is 197 Å². The summed E-state index contributed by atoms with van der Waals surface area (Å²) in [4.78, 5) is 0. The molecule has 9 aromatic carbocycles. The summed E-state index contributed by atoms with van der Waals surface area (Å²) in [6, 6.07) is 67.8. The minimum Gasteiger partial charge on any atom is -0.456 e. The highest BCUT2D eigenvalue weighted by atomic mass is 32.1. The van der Waals surface area contributed by atoms with E-state index in [0.717, 1.165) is 82.9 Å². The van der Waals surface area contributed by atoms with Gasteiger partial charge in [-0.1, -0.05) is 133 Å². The summed E-state index contributed by atoms with van der Waals surface area (Å²) in [5.74, 6) is 0. The second-order valence-corrected chi connectivity index (χ2v) is 16.2. The number of nitrogens with zero attached hydrogens (tertiary/aromatic N) is 1. The molecule has 4 heterocycles. The van der Waals surface area contributed by atoms with Gasteiger partial charge in [-0.05, 0) is 76.9 Å². The van der Waals surface area contributed by atoms with Crippen molar-refractivity contribution in [2.45, 2.75) is 0 Å². The molecule has 0 amide bonds. The molecule has 4 heteroatoms. The number of furan rings is 2. The molecule has 58 heavy (non-hydrogen) atoms. The van der Waals surface area contributed by atoms with Crippen LogP contribution < -0.4 is 0 Å². The van der Waals surface area contributed by atoms with Crippen molar-refractivity contribution >= 4 is 97.2 Å². The molecule has 0 spiro atoms. The molecule has 0 unspecified atom stereocenters. The van der Waals surface area contributed by atoms with Crippen LogP contribution in [0.5, 0.6) is 0 Å². The van der Waals surface area contributed by atoms with E-state index < -0.39 is 0 Å². The van der Waals surface area contributed by atoms with E-state index in [9.17, 15) is 0 Å². The molecule has 13 rings (SSSR count). The summed E-state index contributed by atoms with van der Waals surface area (Å²) in [5, 5.41) is 9.53. The maximum Gasteiger partial charge on any atom is 0.136 e. The predicted molar refractivity (Wildman–Crippen MR) is 245 cm³/mol. The lowest BCUT2D eigenvalue weighted by atomic mass is 9.99. The number of hydrogen-bond acceptors (Lipinski definition) is 3. The van der Waals surface area contributed by atoms with Gasteiger partial charge in [-0.3, -0.25) is 0 Å². The van der Waals surface area contributed by atoms with Crippen molar-refractivity contribution in [3.63, 3.8) is 0 Å². The van der Waals surface area contributed by atoms with Crippen LogP contribution in [0.25, 0.3) is 125 Å². The zero-order valence-corrected chi connectivity index (χ0v) is 31.9. The van der Waals surface area contributed by atoms with E-state index in [1.54, 1.807) is 0 Å². The van der Waals surface area contributed by atoms with E-state index in [2.05, 4.69) is 168 Å². The number of hydrogen-bond donors (Lipinski definition) is 0. The maximum atomic E-state index is 6.42. The number of fused-ring (bicyclic) bond motifs is 12. The summed E-state index contributed by atoms with van der Waals surface area (Å²) in [6.07, 6.45) is 0. The third kappa shape index (κ3) is 4.55. The average Bonchev–Trinajstić information content (AvgIpc) is 4.05. The smallest absolute Gasteiger partial charge is 0.136 e. The van der Waals surface area contributed by atoms with Crippen LogP contribution in [0.2, 0.25) is 0 Å². The Morgan fingerprint density at radius 2 is 0.793 bits per heavy atom. The maximum absolute atomic E-state index is 6.42. The molecule has 0 saturated heterocycles. The Kier molecular flexibility index (Phi) is 6.60. The van der Waals surface area contributed by atoms with Crippen LogP contribution in [0.4, 0.5) is 0 Å². The zero-order valence-electron chi connectivity index (χ0n) is 31.1. The van der Waals surface area contributed by atoms with Gasteiger partial charge in [0.1, 0.15) is 22.3 Å². The normalized spacial score (nSPS) is 12.1. The molecule has 0 aliphatic carbocycles. The number of para-hydroxylation sites is 4. The standard InChI is InChI=1S/C54H31NO2S/c1-4-19-47-39(10-1)41-28-24-33(30-49(41)56-47)36-13-7-16-44-45-17-8-14-37(34-25-29-42-40-11-2-5-20-48(40)57-50(42)31-34)53(45)55(52(36)44)35-26-22-32(23-27-35)38-15-9-18-46-43-12-3-6-21-51(43)58-54(38)46/h1-31H. The summed E-state index contributed by atoms with van der Waals surface area (Å²) in [7, 11) is 0. The van der Waals surface area contributed by atoms with Crippen LogP contribution >= 0.6 is 11.3 Å². The van der Waals surface area contributed by atoms with E-state index >= 15 is 0 Å². The Hall–Kier alpha value is -7.40.